The van der Waals surface area contributed by atoms with Crippen molar-refractivity contribution in [3.63, 3.8) is 0 Å². The Bertz CT molecular complexity index is 430. The van der Waals surface area contributed by atoms with Gasteiger partial charge in [-0.1, -0.05) is 6.07 Å². The lowest BCUT2D eigenvalue weighted by molar-refractivity contribution is -0.274. The molecule has 0 aliphatic heterocycles. The summed E-state index contributed by atoms with van der Waals surface area (Å²) in [5.41, 5.74) is 0.160. The molecule has 1 amide bonds. The number of benzene rings is 1. The lowest BCUT2D eigenvalue weighted by Crippen LogP contribution is -2.33. The fourth-order valence-electron chi connectivity index (χ4n) is 1.26. The van der Waals surface area contributed by atoms with Gasteiger partial charge in [0.05, 0.1) is 0 Å². The standard InChI is InChI=1S/C12H14F3NO2/c1-8(2)16(3)11(17)9-5-4-6-10(7-9)18-12(13,14)15/h4-8H,1-3H3. The fourth-order valence-corrected chi connectivity index (χ4v) is 1.26. The van der Waals surface area contributed by atoms with E-state index in [1.54, 1.807) is 7.05 Å². The van der Waals surface area contributed by atoms with Crippen molar-refractivity contribution in [2.24, 2.45) is 0 Å². The molecule has 0 saturated heterocycles. The molecular weight excluding hydrogens is 247 g/mol. The van der Waals surface area contributed by atoms with Crippen LogP contribution in [0, 0.1) is 0 Å². The summed E-state index contributed by atoms with van der Waals surface area (Å²) in [6.45, 7) is 3.63. The van der Waals surface area contributed by atoms with E-state index in [1.165, 1.54) is 17.0 Å². The number of hydrogen-bond acceptors (Lipinski definition) is 2. The molecule has 0 radical (unpaired) electrons. The van der Waals surface area contributed by atoms with Gasteiger partial charge < -0.3 is 9.64 Å². The van der Waals surface area contributed by atoms with Crippen molar-refractivity contribution in [3.8, 4) is 5.75 Å². The predicted molar refractivity (Wildman–Crippen MR) is 60.4 cm³/mol. The first kappa shape index (κ1) is 14.3. The number of hydrogen-bond donors (Lipinski definition) is 0. The Labute approximate surface area is 103 Å². The summed E-state index contributed by atoms with van der Waals surface area (Å²) in [5, 5.41) is 0. The number of nitrogens with zero attached hydrogens (tertiary/aromatic N) is 1. The van der Waals surface area contributed by atoms with Gasteiger partial charge in [-0.15, -0.1) is 13.2 Å². The Balaban J connectivity index is 2.92. The van der Waals surface area contributed by atoms with Crippen LogP contribution in [0.25, 0.3) is 0 Å². The zero-order valence-electron chi connectivity index (χ0n) is 10.3. The highest BCUT2D eigenvalue weighted by Gasteiger charge is 2.31. The molecule has 0 saturated carbocycles. The maximum Gasteiger partial charge on any atom is 0.573 e. The van der Waals surface area contributed by atoms with Crippen LogP contribution in [-0.4, -0.2) is 30.3 Å². The van der Waals surface area contributed by atoms with E-state index < -0.39 is 12.1 Å². The van der Waals surface area contributed by atoms with E-state index in [1.807, 2.05) is 13.8 Å². The van der Waals surface area contributed by atoms with Gasteiger partial charge in [0.25, 0.3) is 5.91 Å². The van der Waals surface area contributed by atoms with Gasteiger partial charge in [0.2, 0.25) is 0 Å². The van der Waals surface area contributed by atoms with E-state index in [0.717, 1.165) is 12.1 Å². The van der Waals surface area contributed by atoms with Crippen LogP contribution in [-0.2, 0) is 0 Å². The third-order valence-electron chi connectivity index (χ3n) is 2.41. The van der Waals surface area contributed by atoms with Crippen LogP contribution < -0.4 is 4.74 Å². The van der Waals surface area contributed by atoms with Gasteiger partial charge in [-0.3, -0.25) is 4.79 Å². The second kappa shape index (κ2) is 5.29. The first-order chi connectivity index (χ1) is 8.20. The van der Waals surface area contributed by atoms with Crippen LogP contribution in [0.1, 0.15) is 24.2 Å². The molecule has 1 aromatic rings. The van der Waals surface area contributed by atoms with Crippen LogP contribution in [0.15, 0.2) is 24.3 Å². The minimum absolute atomic E-state index is 0.0373. The van der Waals surface area contributed by atoms with E-state index in [0.29, 0.717) is 0 Å². The van der Waals surface area contributed by atoms with Gasteiger partial charge in [-0.05, 0) is 32.0 Å². The van der Waals surface area contributed by atoms with Gasteiger partial charge in [-0.2, -0.15) is 0 Å². The normalized spacial score (nSPS) is 11.5. The Morgan fingerprint density at radius 2 is 1.94 bits per heavy atom. The molecule has 1 aromatic carbocycles. The first-order valence-electron chi connectivity index (χ1n) is 5.33. The molecule has 0 atom stereocenters. The average Bonchev–Trinajstić information content (AvgIpc) is 2.25. The summed E-state index contributed by atoms with van der Waals surface area (Å²) in [6.07, 6.45) is -4.76. The quantitative estimate of drug-likeness (QED) is 0.836. The largest absolute Gasteiger partial charge is 0.573 e. The predicted octanol–water partition coefficient (Wildman–Crippen LogP) is 3.07. The van der Waals surface area contributed by atoms with Crippen molar-refractivity contribution in [2.45, 2.75) is 26.3 Å². The van der Waals surface area contributed by atoms with E-state index in [9.17, 15) is 18.0 Å². The summed E-state index contributed by atoms with van der Waals surface area (Å²) in [4.78, 5) is 13.3. The maximum absolute atomic E-state index is 12.0. The highest BCUT2D eigenvalue weighted by Crippen LogP contribution is 2.23. The maximum atomic E-state index is 12.0. The summed E-state index contributed by atoms with van der Waals surface area (Å²) < 4.78 is 39.9. The van der Waals surface area contributed by atoms with E-state index >= 15 is 0 Å². The van der Waals surface area contributed by atoms with Crippen molar-refractivity contribution in [1.29, 1.82) is 0 Å². The highest BCUT2D eigenvalue weighted by atomic mass is 19.4. The number of amides is 1. The smallest absolute Gasteiger partial charge is 0.406 e. The molecule has 0 fully saturated rings. The van der Waals surface area contributed by atoms with Crippen LogP contribution in [0.2, 0.25) is 0 Å². The number of halogens is 3. The molecule has 0 aliphatic rings. The van der Waals surface area contributed by atoms with Crippen LogP contribution in [0.5, 0.6) is 5.75 Å². The molecule has 0 aromatic heterocycles. The van der Waals surface area contributed by atoms with E-state index in [-0.39, 0.29) is 17.5 Å². The molecule has 6 heteroatoms. The lowest BCUT2D eigenvalue weighted by Gasteiger charge is -2.21. The number of ether oxygens (including phenoxy) is 1. The second-order valence-corrected chi connectivity index (χ2v) is 4.09. The summed E-state index contributed by atoms with van der Waals surface area (Å²) in [7, 11) is 1.59. The number of rotatable bonds is 3. The molecule has 1 rings (SSSR count). The van der Waals surface area contributed by atoms with Crippen molar-refractivity contribution < 1.29 is 22.7 Å². The van der Waals surface area contributed by atoms with E-state index in [4.69, 9.17) is 0 Å². The molecule has 100 valence electrons. The number of carbonyl (C=O) groups is 1. The molecule has 0 unspecified atom stereocenters. The number of carbonyl (C=O) groups excluding carboxylic acids is 1. The second-order valence-electron chi connectivity index (χ2n) is 4.09. The Hall–Kier alpha value is -1.72. The van der Waals surface area contributed by atoms with Gasteiger partial charge in [0, 0.05) is 18.7 Å². The topological polar surface area (TPSA) is 29.5 Å². The van der Waals surface area contributed by atoms with Crippen molar-refractivity contribution >= 4 is 5.91 Å². The zero-order valence-corrected chi connectivity index (χ0v) is 10.3. The first-order valence-corrected chi connectivity index (χ1v) is 5.33. The van der Waals surface area contributed by atoms with Gasteiger partial charge >= 0.3 is 6.36 Å². The summed E-state index contributed by atoms with van der Waals surface area (Å²) in [5.74, 6) is -0.747. The average molecular weight is 261 g/mol. The lowest BCUT2D eigenvalue weighted by atomic mass is 10.1. The summed E-state index contributed by atoms with van der Waals surface area (Å²) >= 11 is 0. The van der Waals surface area contributed by atoms with Gasteiger partial charge in [0.1, 0.15) is 5.75 Å². The Morgan fingerprint density at radius 3 is 2.44 bits per heavy atom. The fraction of sp³-hybridized carbons (Fsp3) is 0.417. The molecule has 0 heterocycles. The van der Waals surface area contributed by atoms with Crippen LogP contribution in [0.4, 0.5) is 13.2 Å². The van der Waals surface area contributed by atoms with Crippen molar-refractivity contribution in [2.75, 3.05) is 7.05 Å². The molecular formula is C12H14F3NO2. The molecule has 0 N–H and O–H groups in total. The van der Waals surface area contributed by atoms with Crippen LogP contribution >= 0.6 is 0 Å². The third kappa shape index (κ3) is 3.94. The minimum atomic E-state index is -4.76. The van der Waals surface area contributed by atoms with Crippen molar-refractivity contribution in [1.82, 2.24) is 4.90 Å². The molecule has 0 bridgehead atoms. The molecule has 0 spiro atoms. The third-order valence-corrected chi connectivity index (χ3v) is 2.41. The Morgan fingerprint density at radius 1 is 1.33 bits per heavy atom. The van der Waals surface area contributed by atoms with Crippen LogP contribution in [0.3, 0.4) is 0 Å². The SMILES string of the molecule is CC(C)N(C)C(=O)c1cccc(OC(F)(F)F)c1. The monoisotopic (exact) mass is 261 g/mol. The van der Waals surface area contributed by atoms with E-state index in [2.05, 4.69) is 4.74 Å². The zero-order chi connectivity index (χ0) is 13.9. The molecule has 3 nitrogen and oxygen atoms in total. The Kier molecular flexibility index (Phi) is 4.21. The minimum Gasteiger partial charge on any atom is -0.406 e. The molecule has 18 heavy (non-hydrogen) atoms. The molecule has 0 aliphatic carbocycles. The van der Waals surface area contributed by atoms with Gasteiger partial charge in [-0.25, -0.2) is 0 Å². The van der Waals surface area contributed by atoms with Crippen molar-refractivity contribution in [3.05, 3.63) is 29.8 Å². The van der Waals surface area contributed by atoms with Gasteiger partial charge in [0.15, 0.2) is 0 Å². The number of alkyl halides is 3. The summed E-state index contributed by atoms with van der Waals surface area (Å²) in [6, 6.07) is 4.99. The highest BCUT2D eigenvalue weighted by molar-refractivity contribution is 5.94.